The molecular weight excluding hydrogens is 274 g/mol. The molecule has 2 N–H and O–H groups in total. The van der Waals surface area contributed by atoms with Crippen molar-refractivity contribution in [1.82, 2.24) is 0 Å². The number of hydrogen-bond donors (Lipinski definition) is 2. The van der Waals surface area contributed by atoms with E-state index in [1.54, 1.807) is 18.2 Å². The smallest absolute Gasteiger partial charge is 0.261 e. The van der Waals surface area contributed by atoms with Gasteiger partial charge in [-0.2, -0.15) is 0 Å². The highest BCUT2D eigenvalue weighted by Crippen LogP contribution is 2.39. The van der Waals surface area contributed by atoms with Crippen molar-refractivity contribution in [3.8, 4) is 0 Å². The van der Waals surface area contributed by atoms with Crippen LogP contribution in [0.15, 0.2) is 22.7 Å². The first-order valence-corrected chi connectivity index (χ1v) is 5.56. The summed E-state index contributed by atoms with van der Waals surface area (Å²) >= 11 is 3.27. The standard InChI is InChI=1S/C11H10BrNO3/c1-6(14)5-11(16)8-3-2-7(12)4-9(8)13-10(11)15/h2-4,16H,5H2,1H3,(H,13,15)/t11-/m0/s1. The Labute approximate surface area is 101 Å². The number of aliphatic hydroxyl groups is 1. The maximum atomic E-state index is 11.7. The Bertz CT molecular complexity index is 486. The van der Waals surface area contributed by atoms with Crippen LogP contribution in [0.5, 0.6) is 0 Å². The lowest BCUT2D eigenvalue weighted by Crippen LogP contribution is -2.35. The SMILES string of the molecule is CC(=O)C[C@@]1(O)C(=O)Nc2cc(Br)ccc21. The van der Waals surface area contributed by atoms with Crippen LogP contribution < -0.4 is 5.32 Å². The molecule has 0 spiro atoms. The van der Waals surface area contributed by atoms with E-state index in [1.807, 2.05) is 0 Å². The molecule has 0 saturated carbocycles. The molecule has 0 aliphatic carbocycles. The number of carbonyl (C=O) groups is 2. The molecule has 0 unspecified atom stereocenters. The zero-order valence-corrected chi connectivity index (χ0v) is 10.2. The van der Waals surface area contributed by atoms with Crippen LogP contribution in [0.2, 0.25) is 0 Å². The van der Waals surface area contributed by atoms with Crippen LogP contribution in [0.3, 0.4) is 0 Å². The van der Waals surface area contributed by atoms with Gasteiger partial charge in [0.05, 0.1) is 0 Å². The molecule has 2 rings (SSSR count). The number of amides is 1. The molecule has 16 heavy (non-hydrogen) atoms. The highest BCUT2D eigenvalue weighted by atomic mass is 79.9. The maximum absolute atomic E-state index is 11.7. The molecule has 0 saturated heterocycles. The Morgan fingerprint density at radius 3 is 2.88 bits per heavy atom. The summed E-state index contributed by atoms with van der Waals surface area (Å²) in [6.45, 7) is 1.35. The van der Waals surface area contributed by atoms with E-state index < -0.39 is 11.5 Å². The first-order chi connectivity index (χ1) is 7.43. The second-order valence-corrected chi connectivity index (χ2v) is 4.80. The lowest BCUT2D eigenvalue weighted by atomic mass is 9.90. The van der Waals surface area contributed by atoms with E-state index in [4.69, 9.17) is 0 Å². The van der Waals surface area contributed by atoms with Crippen molar-refractivity contribution < 1.29 is 14.7 Å². The van der Waals surface area contributed by atoms with Gasteiger partial charge in [0.1, 0.15) is 5.78 Å². The third kappa shape index (κ3) is 1.66. The summed E-state index contributed by atoms with van der Waals surface area (Å²) in [5, 5.41) is 12.8. The van der Waals surface area contributed by atoms with Gasteiger partial charge in [-0.05, 0) is 19.1 Å². The quantitative estimate of drug-likeness (QED) is 0.866. The molecule has 4 nitrogen and oxygen atoms in total. The van der Waals surface area contributed by atoms with Gasteiger partial charge in [-0.3, -0.25) is 9.59 Å². The Morgan fingerprint density at radius 1 is 1.56 bits per heavy atom. The molecular formula is C11H10BrNO3. The summed E-state index contributed by atoms with van der Waals surface area (Å²) in [5.74, 6) is -0.774. The van der Waals surface area contributed by atoms with Gasteiger partial charge in [0.25, 0.3) is 5.91 Å². The third-order valence-corrected chi connectivity index (χ3v) is 3.05. The largest absolute Gasteiger partial charge is 0.375 e. The minimum absolute atomic E-state index is 0.201. The predicted octanol–water partition coefficient (Wildman–Crippen LogP) is 1.57. The van der Waals surface area contributed by atoms with Gasteiger partial charge >= 0.3 is 0 Å². The third-order valence-electron chi connectivity index (χ3n) is 2.56. The molecule has 1 atom stereocenters. The number of ketones is 1. The average Bonchev–Trinajstić information content (AvgIpc) is 2.37. The molecule has 0 bridgehead atoms. The zero-order valence-electron chi connectivity index (χ0n) is 8.58. The second kappa shape index (κ2) is 3.68. The number of halogens is 1. The first kappa shape index (κ1) is 11.3. The molecule has 1 amide bonds. The molecule has 1 aromatic carbocycles. The number of benzene rings is 1. The van der Waals surface area contributed by atoms with E-state index in [0.29, 0.717) is 11.3 Å². The average molecular weight is 284 g/mol. The number of nitrogens with one attached hydrogen (secondary N) is 1. The summed E-state index contributed by atoms with van der Waals surface area (Å²) in [4.78, 5) is 22.7. The van der Waals surface area contributed by atoms with Crippen molar-refractivity contribution in [3.63, 3.8) is 0 Å². The molecule has 84 valence electrons. The summed E-state index contributed by atoms with van der Waals surface area (Å²) in [7, 11) is 0. The van der Waals surface area contributed by atoms with Crippen molar-refractivity contribution in [2.24, 2.45) is 0 Å². The Kier molecular flexibility index (Phi) is 2.59. The number of fused-ring (bicyclic) bond motifs is 1. The lowest BCUT2D eigenvalue weighted by molar-refractivity contribution is -0.139. The molecule has 5 heteroatoms. The fourth-order valence-electron chi connectivity index (χ4n) is 1.86. The topological polar surface area (TPSA) is 66.4 Å². The lowest BCUT2D eigenvalue weighted by Gasteiger charge is -2.18. The summed E-state index contributed by atoms with van der Waals surface area (Å²) in [6.07, 6.45) is -0.201. The second-order valence-electron chi connectivity index (χ2n) is 3.88. The van der Waals surface area contributed by atoms with E-state index in [2.05, 4.69) is 21.2 Å². The van der Waals surface area contributed by atoms with Crippen molar-refractivity contribution in [1.29, 1.82) is 0 Å². The maximum Gasteiger partial charge on any atom is 0.261 e. The van der Waals surface area contributed by atoms with E-state index in [-0.39, 0.29) is 12.2 Å². The molecule has 1 aliphatic rings. The van der Waals surface area contributed by atoms with Gasteiger partial charge in [0.2, 0.25) is 0 Å². The van der Waals surface area contributed by atoms with Gasteiger partial charge in [0, 0.05) is 22.1 Å². The van der Waals surface area contributed by atoms with E-state index in [9.17, 15) is 14.7 Å². The Balaban J connectivity index is 2.51. The fraction of sp³-hybridized carbons (Fsp3) is 0.273. The van der Waals surface area contributed by atoms with Crippen LogP contribution in [-0.2, 0) is 15.2 Å². The normalized spacial score (nSPS) is 22.8. The number of carbonyl (C=O) groups excluding carboxylic acids is 2. The summed E-state index contributed by atoms with van der Waals surface area (Å²) in [5.41, 5.74) is -0.721. The number of rotatable bonds is 2. The molecule has 0 aromatic heterocycles. The van der Waals surface area contributed by atoms with Crippen molar-refractivity contribution >= 4 is 33.3 Å². The highest BCUT2D eigenvalue weighted by Gasteiger charge is 2.45. The summed E-state index contributed by atoms with van der Waals surface area (Å²) in [6, 6.07) is 5.07. The van der Waals surface area contributed by atoms with E-state index >= 15 is 0 Å². The van der Waals surface area contributed by atoms with E-state index in [1.165, 1.54) is 6.92 Å². The van der Waals surface area contributed by atoms with Crippen LogP contribution in [0.4, 0.5) is 5.69 Å². The van der Waals surface area contributed by atoms with Crippen molar-refractivity contribution in [3.05, 3.63) is 28.2 Å². The monoisotopic (exact) mass is 283 g/mol. The number of anilines is 1. The zero-order chi connectivity index (χ0) is 11.9. The Morgan fingerprint density at radius 2 is 2.25 bits per heavy atom. The molecule has 0 radical (unpaired) electrons. The van der Waals surface area contributed by atoms with Crippen LogP contribution in [-0.4, -0.2) is 16.8 Å². The van der Waals surface area contributed by atoms with Gasteiger partial charge in [-0.1, -0.05) is 22.0 Å². The van der Waals surface area contributed by atoms with Crippen molar-refractivity contribution in [2.45, 2.75) is 18.9 Å². The van der Waals surface area contributed by atoms with Gasteiger partial charge < -0.3 is 10.4 Å². The number of Topliss-reactive ketones (excluding diaryl/α,β-unsaturated/α-hetero) is 1. The van der Waals surface area contributed by atoms with Crippen molar-refractivity contribution in [2.75, 3.05) is 5.32 Å². The van der Waals surface area contributed by atoms with Crippen LogP contribution in [0, 0.1) is 0 Å². The minimum atomic E-state index is -1.72. The van der Waals surface area contributed by atoms with Gasteiger partial charge in [0.15, 0.2) is 5.60 Å². The first-order valence-electron chi connectivity index (χ1n) is 4.77. The number of hydrogen-bond acceptors (Lipinski definition) is 3. The van der Waals surface area contributed by atoms with Gasteiger partial charge in [-0.15, -0.1) is 0 Å². The molecule has 1 aliphatic heterocycles. The highest BCUT2D eigenvalue weighted by molar-refractivity contribution is 9.10. The predicted molar refractivity (Wildman–Crippen MR) is 62.0 cm³/mol. The van der Waals surface area contributed by atoms with Crippen LogP contribution in [0.1, 0.15) is 18.9 Å². The minimum Gasteiger partial charge on any atom is -0.375 e. The van der Waals surface area contributed by atoms with Crippen LogP contribution >= 0.6 is 15.9 Å². The molecule has 1 heterocycles. The molecule has 1 aromatic rings. The van der Waals surface area contributed by atoms with Crippen LogP contribution in [0.25, 0.3) is 0 Å². The molecule has 0 fully saturated rings. The Hall–Kier alpha value is -1.20. The van der Waals surface area contributed by atoms with E-state index in [0.717, 1.165) is 4.47 Å². The van der Waals surface area contributed by atoms with Gasteiger partial charge in [-0.25, -0.2) is 0 Å². The summed E-state index contributed by atoms with van der Waals surface area (Å²) < 4.78 is 0.804. The fourth-order valence-corrected chi connectivity index (χ4v) is 2.23.